The Morgan fingerprint density at radius 2 is 2.06 bits per heavy atom. The number of carbonyl (C=O) groups excluding carboxylic acids is 1. The van der Waals surface area contributed by atoms with Crippen LogP contribution >= 0.6 is 0 Å². The molecule has 1 unspecified atom stereocenters. The largest absolute Gasteiger partial charge is 0.300 e. The molecule has 0 saturated carbocycles. The summed E-state index contributed by atoms with van der Waals surface area (Å²) in [5.74, 6) is 0.600. The molecule has 0 aliphatic rings. The number of ketones is 1. The third kappa shape index (κ3) is 7.73. The van der Waals surface area contributed by atoms with Crippen LogP contribution in [-0.2, 0) is 4.79 Å². The van der Waals surface area contributed by atoms with Crippen molar-refractivity contribution < 1.29 is 4.79 Å². The third-order valence-electron chi connectivity index (χ3n) is 3.10. The Balaban J connectivity index is 3.90. The van der Waals surface area contributed by atoms with Gasteiger partial charge in [0.2, 0.25) is 0 Å². The smallest absolute Gasteiger partial charge is 0.132 e. The first-order valence-electron chi connectivity index (χ1n) is 6.60. The molecule has 0 radical (unpaired) electrons. The van der Waals surface area contributed by atoms with Crippen molar-refractivity contribution in [1.82, 2.24) is 0 Å². The molecular weight excluding hydrogens is 208 g/mol. The second-order valence-electron chi connectivity index (χ2n) is 4.43. The van der Waals surface area contributed by atoms with Gasteiger partial charge in [-0.05, 0) is 45.1 Å². The van der Waals surface area contributed by atoms with E-state index in [0.29, 0.717) is 5.78 Å². The molecule has 17 heavy (non-hydrogen) atoms. The Bertz CT molecular complexity index is 284. The van der Waals surface area contributed by atoms with Crippen molar-refractivity contribution in [1.29, 1.82) is 0 Å². The molecule has 0 aliphatic carbocycles. The number of carbonyl (C=O) groups is 1. The van der Waals surface area contributed by atoms with E-state index < -0.39 is 0 Å². The molecule has 0 saturated heterocycles. The lowest BCUT2D eigenvalue weighted by molar-refractivity contribution is -0.121. The minimum Gasteiger partial charge on any atom is -0.300 e. The molecule has 0 aromatic heterocycles. The number of unbranched alkanes of at least 4 members (excludes halogenated alkanes) is 1. The Morgan fingerprint density at radius 1 is 1.35 bits per heavy atom. The number of hydrogen-bond acceptors (Lipinski definition) is 1. The van der Waals surface area contributed by atoms with E-state index in [0.717, 1.165) is 32.1 Å². The molecule has 1 atom stereocenters. The van der Waals surface area contributed by atoms with Crippen LogP contribution in [0.15, 0.2) is 36.5 Å². The van der Waals surface area contributed by atoms with Crippen molar-refractivity contribution in [2.75, 3.05) is 0 Å². The van der Waals surface area contributed by atoms with Crippen LogP contribution in [0.1, 0.15) is 52.9 Å². The normalized spacial score (nSPS) is 13.9. The van der Waals surface area contributed by atoms with E-state index in [1.165, 1.54) is 5.57 Å². The zero-order valence-electron chi connectivity index (χ0n) is 11.5. The van der Waals surface area contributed by atoms with Gasteiger partial charge in [0.1, 0.15) is 5.78 Å². The molecule has 0 amide bonds. The molecule has 0 N–H and O–H groups in total. The maximum Gasteiger partial charge on any atom is 0.132 e. The highest BCUT2D eigenvalue weighted by Crippen LogP contribution is 2.16. The van der Waals surface area contributed by atoms with E-state index >= 15 is 0 Å². The van der Waals surface area contributed by atoms with Crippen LogP contribution in [0.3, 0.4) is 0 Å². The standard InChI is InChI=1S/C16H26O/c1-5-8-11-15(6-2)12-9-10-13-16(7-3)14(4)17/h5-6,8,11,16H,2,7,9-10,12-13H2,1,3-4H3/b8-5-,15-11+. The Morgan fingerprint density at radius 3 is 2.53 bits per heavy atom. The van der Waals surface area contributed by atoms with Crippen molar-refractivity contribution in [3.63, 3.8) is 0 Å². The summed E-state index contributed by atoms with van der Waals surface area (Å²) in [4.78, 5) is 11.3. The van der Waals surface area contributed by atoms with E-state index in [-0.39, 0.29) is 5.92 Å². The highest BCUT2D eigenvalue weighted by Gasteiger charge is 2.10. The Kier molecular flexibility index (Phi) is 9.41. The van der Waals surface area contributed by atoms with Crippen LogP contribution in [0.4, 0.5) is 0 Å². The SMILES string of the molecule is C=C/C(=C\C=C/C)CCCCC(CC)C(C)=O. The van der Waals surface area contributed by atoms with Gasteiger partial charge in [0.05, 0.1) is 0 Å². The van der Waals surface area contributed by atoms with E-state index in [9.17, 15) is 4.79 Å². The zero-order chi connectivity index (χ0) is 13.1. The fraction of sp³-hybridized carbons (Fsp3) is 0.562. The highest BCUT2D eigenvalue weighted by atomic mass is 16.1. The summed E-state index contributed by atoms with van der Waals surface area (Å²) in [6.07, 6.45) is 13.4. The summed E-state index contributed by atoms with van der Waals surface area (Å²) < 4.78 is 0. The lowest BCUT2D eigenvalue weighted by Gasteiger charge is -2.10. The van der Waals surface area contributed by atoms with Gasteiger partial charge in [0.15, 0.2) is 0 Å². The summed E-state index contributed by atoms with van der Waals surface area (Å²) in [6.45, 7) is 9.62. The number of rotatable bonds is 9. The second kappa shape index (κ2) is 10.1. The van der Waals surface area contributed by atoms with Crippen LogP contribution in [0.2, 0.25) is 0 Å². The molecule has 0 aromatic rings. The Labute approximate surface area is 106 Å². The second-order valence-corrected chi connectivity index (χ2v) is 4.43. The first-order valence-corrected chi connectivity index (χ1v) is 6.60. The summed E-state index contributed by atoms with van der Waals surface area (Å²) in [5, 5.41) is 0. The van der Waals surface area contributed by atoms with Gasteiger partial charge in [-0.25, -0.2) is 0 Å². The summed E-state index contributed by atoms with van der Waals surface area (Å²) >= 11 is 0. The molecule has 0 heterocycles. The number of Topliss-reactive ketones (excluding diaryl/α,β-unsaturated/α-hetero) is 1. The fourth-order valence-corrected chi connectivity index (χ4v) is 1.89. The van der Waals surface area contributed by atoms with Crippen LogP contribution in [0, 0.1) is 5.92 Å². The van der Waals surface area contributed by atoms with Crippen molar-refractivity contribution in [2.45, 2.75) is 52.9 Å². The monoisotopic (exact) mass is 234 g/mol. The Hall–Kier alpha value is -1.11. The van der Waals surface area contributed by atoms with Crippen LogP contribution in [-0.4, -0.2) is 5.78 Å². The lowest BCUT2D eigenvalue weighted by Crippen LogP contribution is -2.09. The van der Waals surface area contributed by atoms with Gasteiger partial charge in [-0.2, -0.15) is 0 Å². The molecule has 0 rings (SSSR count). The van der Waals surface area contributed by atoms with Gasteiger partial charge in [0, 0.05) is 5.92 Å². The predicted molar refractivity (Wildman–Crippen MR) is 76.0 cm³/mol. The molecule has 1 heteroatoms. The van der Waals surface area contributed by atoms with Crippen LogP contribution in [0.25, 0.3) is 0 Å². The van der Waals surface area contributed by atoms with Crippen molar-refractivity contribution >= 4 is 5.78 Å². The predicted octanol–water partition coefficient (Wildman–Crippen LogP) is 4.85. The van der Waals surface area contributed by atoms with E-state index in [4.69, 9.17) is 0 Å². The van der Waals surface area contributed by atoms with Crippen LogP contribution < -0.4 is 0 Å². The van der Waals surface area contributed by atoms with Gasteiger partial charge in [-0.1, -0.05) is 44.2 Å². The van der Waals surface area contributed by atoms with Crippen molar-refractivity contribution in [3.05, 3.63) is 36.5 Å². The summed E-state index contributed by atoms with van der Waals surface area (Å²) in [6, 6.07) is 0. The fourth-order valence-electron chi connectivity index (χ4n) is 1.89. The van der Waals surface area contributed by atoms with Gasteiger partial charge in [-0.15, -0.1) is 0 Å². The molecule has 0 aromatic carbocycles. The van der Waals surface area contributed by atoms with E-state index in [1.807, 2.05) is 25.2 Å². The first-order chi connectivity index (χ1) is 8.15. The molecular formula is C16H26O. The maximum absolute atomic E-state index is 11.3. The summed E-state index contributed by atoms with van der Waals surface area (Å²) in [7, 11) is 0. The van der Waals surface area contributed by atoms with E-state index in [2.05, 4.69) is 19.6 Å². The van der Waals surface area contributed by atoms with Gasteiger partial charge in [-0.3, -0.25) is 4.79 Å². The van der Waals surface area contributed by atoms with Gasteiger partial charge >= 0.3 is 0 Å². The van der Waals surface area contributed by atoms with E-state index in [1.54, 1.807) is 6.92 Å². The zero-order valence-corrected chi connectivity index (χ0v) is 11.5. The average molecular weight is 234 g/mol. The molecule has 1 nitrogen and oxygen atoms in total. The van der Waals surface area contributed by atoms with Crippen LogP contribution in [0.5, 0.6) is 0 Å². The van der Waals surface area contributed by atoms with Crippen molar-refractivity contribution in [2.24, 2.45) is 5.92 Å². The van der Waals surface area contributed by atoms with Gasteiger partial charge in [0.25, 0.3) is 0 Å². The first kappa shape index (κ1) is 15.9. The average Bonchev–Trinajstić information content (AvgIpc) is 2.32. The molecule has 0 aliphatic heterocycles. The summed E-state index contributed by atoms with van der Waals surface area (Å²) in [5.41, 5.74) is 1.28. The maximum atomic E-state index is 11.3. The quantitative estimate of drug-likeness (QED) is 0.411. The minimum absolute atomic E-state index is 0.265. The van der Waals surface area contributed by atoms with Gasteiger partial charge < -0.3 is 0 Å². The number of allylic oxidation sites excluding steroid dienone is 5. The molecule has 0 fully saturated rings. The highest BCUT2D eigenvalue weighted by molar-refractivity contribution is 5.78. The molecule has 0 spiro atoms. The lowest BCUT2D eigenvalue weighted by atomic mass is 9.94. The third-order valence-corrected chi connectivity index (χ3v) is 3.10. The molecule has 0 bridgehead atoms. The number of hydrogen-bond donors (Lipinski definition) is 0. The van der Waals surface area contributed by atoms with Crippen molar-refractivity contribution in [3.8, 4) is 0 Å². The topological polar surface area (TPSA) is 17.1 Å². The minimum atomic E-state index is 0.265. The molecule has 96 valence electrons.